The molecule has 0 radical (unpaired) electrons. The lowest BCUT2D eigenvalue weighted by molar-refractivity contribution is 0.111. The molecule has 1 aromatic rings. The van der Waals surface area contributed by atoms with Gasteiger partial charge in [0.05, 0.1) is 0 Å². The van der Waals surface area contributed by atoms with Crippen molar-refractivity contribution in [3.63, 3.8) is 0 Å². The summed E-state index contributed by atoms with van der Waals surface area (Å²) in [5, 5.41) is 0. The van der Waals surface area contributed by atoms with Crippen LogP contribution in [-0.4, -0.2) is 11.3 Å². The number of nitrogens with zero attached hydrogens (tertiary/aromatic N) is 1. The van der Waals surface area contributed by atoms with Crippen LogP contribution in [0.2, 0.25) is 0 Å². The maximum Gasteiger partial charge on any atom is 0.168 e. The third-order valence-electron chi connectivity index (χ3n) is 1.21. The third kappa shape index (κ3) is 1.42. The van der Waals surface area contributed by atoms with Gasteiger partial charge >= 0.3 is 0 Å². The van der Waals surface area contributed by atoms with E-state index in [0.29, 0.717) is 10.3 Å². The zero-order chi connectivity index (χ0) is 7.56. The number of aromatic nitrogens is 1. The average Bonchev–Trinajstić information content (AvgIpc) is 1.94. The van der Waals surface area contributed by atoms with Crippen LogP contribution in [0.15, 0.2) is 16.7 Å². The zero-order valence-corrected chi connectivity index (χ0v) is 7.05. The molecule has 1 rings (SSSR count). The van der Waals surface area contributed by atoms with Crippen LogP contribution in [-0.2, 0) is 0 Å². The van der Waals surface area contributed by atoms with E-state index in [1.807, 2.05) is 19.1 Å². The van der Waals surface area contributed by atoms with Crippen LogP contribution >= 0.6 is 15.9 Å². The van der Waals surface area contributed by atoms with Crippen LogP contribution in [0.3, 0.4) is 0 Å². The number of aryl methyl sites for hydroxylation is 1. The topological polar surface area (TPSA) is 30.0 Å². The normalized spacial score (nSPS) is 9.40. The van der Waals surface area contributed by atoms with Gasteiger partial charge in [-0.25, -0.2) is 4.98 Å². The summed E-state index contributed by atoms with van der Waals surface area (Å²) in [6, 6.07) is 3.66. The predicted octanol–water partition coefficient (Wildman–Crippen LogP) is 1.97. The molecule has 1 heterocycles. The SMILES string of the molecule is Cc1ccc(Br)nc1C=O. The molecule has 0 aromatic carbocycles. The first-order chi connectivity index (χ1) is 4.74. The molecule has 52 valence electrons. The average molecular weight is 200 g/mol. The minimum atomic E-state index is 0.495. The van der Waals surface area contributed by atoms with E-state index in [0.717, 1.165) is 11.8 Å². The van der Waals surface area contributed by atoms with Crippen LogP contribution in [0.5, 0.6) is 0 Å². The highest BCUT2D eigenvalue weighted by molar-refractivity contribution is 9.10. The van der Waals surface area contributed by atoms with E-state index in [1.165, 1.54) is 0 Å². The molecular weight excluding hydrogens is 194 g/mol. The summed E-state index contributed by atoms with van der Waals surface area (Å²) in [4.78, 5) is 14.2. The van der Waals surface area contributed by atoms with Gasteiger partial charge in [-0.2, -0.15) is 0 Å². The highest BCUT2D eigenvalue weighted by Crippen LogP contribution is 2.08. The highest BCUT2D eigenvalue weighted by atomic mass is 79.9. The van der Waals surface area contributed by atoms with Crippen LogP contribution in [0, 0.1) is 6.92 Å². The number of hydrogen-bond donors (Lipinski definition) is 0. The monoisotopic (exact) mass is 199 g/mol. The van der Waals surface area contributed by atoms with Gasteiger partial charge in [0.1, 0.15) is 10.3 Å². The van der Waals surface area contributed by atoms with Gasteiger partial charge in [0, 0.05) is 0 Å². The van der Waals surface area contributed by atoms with Crippen molar-refractivity contribution in [3.05, 3.63) is 28.0 Å². The van der Waals surface area contributed by atoms with Crippen molar-refractivity contribution in [2.45, 2.75) is 6.92 Å². The van der Waals surface area contributed by atoms with Crippen molar-refractivity contribution in [2.24, 2.45) is 0 Å². The van der Waals surface area contributed by atoms with E-state index in [2.05, 4.69) is 20.9 Å². The Morgan fingerprint density at radius 2 is 2.30 bits per heavy atom. The van der Waals surface area contributed by atoms with Crippen molar-refractivity contribution < 1.29 is 4.79 Å². The molecule has 0 spiro atoms. The molecule has 0 N–H and O–H groups in total. The lowest BCUT2D eigenvalue weighted by Gasteiger charge is -1.95. The number of halogens is 1. The largest absolute Gasteiger partial charge is 0.296 e. The van der Waals surface area contributed by atoms with Gasteiger partial charge in [0.2, 0.25) is 0 Å². The summed E-state index contributed by atoms with van der Waals surface area (Å²) >= 11 is 3.17. The lowest BCUT2D eigenvalue weighted by Crippen LogP contribution is -1.90. The molecule has 3 heteroatoms. The number of rotatable bonds is 1. The standard InChI is InChI=1S/C7H6BrNO/c1-5-2-3-7(8)9-6(5)4-10/h2-4H,1H3. The first-order valence-corrected chi connectivity index (χ1v) is 3.61. The molecule has 10 heavy (non-hydrogen) atoms. The van der Waals surface area contributed by atoms with Gasteiger partial charge in [0.25, 0.3) is 0 Å². The second-order valence-corrected chi connectivity index (χ2v) is 2.77. The summed E-state index contributed by atoms with van der Waals surface area (Å²) < 4.78 is 0.695. The molecule has 0 fully saturated rings. The van der Waals surface area contributed by atoms with E-state index >= 15 is 0 Å². The molecule has 0 aliphatic rings. The van der Waals surface area contributed by atoms with Crippen molar-refractivity contribution in [1.82, 2.24) is 4.98 Å². The molecule has 0 saturated carbocycles. The van der Waals surface area contributed by atoms with Gasteiger partial charge in [0.15, 0.2) is 6.29 Å². The predicted molar refractivity (Wildman–Crippen MR) is 42.1 cm³/mol. The van der Waals surface area contributed by atoms with E-state index in [1.54, 1.807) is 0 Å². The number of carbonyl (C=O) groups excluding carboxylic acids is 1. The Morgan fingerprint density at radius 3 is 2.80 bits per heavy atom. The van der Waals surface area contributed by atoms with Crippen LogP contribution in [0.1, 0.15) is 16.1 Å². The van der Waals surface area contributed by atoms with Gasteiger partial charge in [-0.15, -0.1) is 0 Å². The van der Waals surface area contributed by atoms with Gasteiger partial charge < -0.3 is 0 Å². The van der Waals surface area contributed by atoms with Gasteiger partial charge in [-0.3, -0.25) is 4.79 Å². The van der Waals surface area contributed by atoms with Crippen molar-refractivity contribution >= 4 is 22.2 Å². The van der Waals surface area contributed by atoms with Crippen molar-refractivity contribution in [1.29, 1.82) is 0 Å². The molecule has 0 unspecified atom stereocenters. The first-order valence-electron chi connectivity index (χ1n) is 2.82. The summed E-state index contributed by atoms with van der Waals surface area (Å²) in [5.41, 5.74) is 1.40. The fourth-order valence-corrected chi connectivity index (χ4v) is 0.962. The van der Waals surface area contributed by atoms with Crippen LogP contribution < -0.4 is 0 Å². The summed E-state index contributed by atoms with van der Waals surface area (Å²) in [6.45, 7) is 1.85. The quantitative estimate of drug-likeness (QED) is 0.512. The Hall–Kier alpha value is -0.700. The Labute approximate surface area is 67.4 Å². The van der Waals surface area contributed by atoms with E-state index in [-0.39, 0.29) is 0 Å². The minimum Gasteiger partial charge on any atom is -0.296 e. The fourth-order valence-electron chi connectivity index (χ4n) is 0.639. The van der Waals surface area contributed by atoms with E-state index in [4.69, 9.17) is 0 Å². The molecule has 0 aliphatic heterocycles. The second kappa shape index (κ2) is 2.92. The molecule has 1 aromatic heterocycles. The lowest BCUT2D eigenvalue weighted by atomic mass is 10.2. The number of carbonyl (C=O) groups is 1. The van der Waals surface area contributed by atoms with Crippen LogP contribution in [0.4, 0.5) is 0 Å². The Bertz CT molecular complexity index is 260. The number of pyridine rings is 1. The minimum absolute atomic E-state index is 0.495. The Balaban J connectivity index is 3.21. The van der Waals surface area contributed by atoms with Crippen LogP contribution in [0.25, 0.3) is 0 Å². The highest BCUT2D eigenvalue weighted by Gasteiger charge is 1.96. The molecule has 2 nitrogen and oxygen atoms in total. The van der Waals surface area contributed by atoms with E-state index < -0.39 is 0 Å². The summed E-state index contributed by atoms with van der Waals surface area (Å²) in [7, 11) is 0. The van der Waals surface area contributed by atoms with Crippen molar-refractivity contribution in [2.75, 3.05) is 0 Å². The zero-order valence-electron chi connectivity index (χ0n) is 5.47. The molecule has 0 saturated heterocycles. The smallest absolute Gasteiger partial charge is 0.168 e. The van der Waals surface area contributed by atoms with Gasteiger partial charge in [-0.05, 0) is 34.5 Å². The molecular formula is C7H6BrNO. The second-order valence-electron chi connectivity index (χ2n) is 1.95. The Kier molecular flexibility index (Phi) is 2.17. The molecule has 0 aliphatic carbocycles. The summed E-state index contributed by atoms with van der Waals surface area (Å²) in [5.74, 6) is 0. The third-order valence-corrected chi connectivity index (χ3v) is 1.66. The molecule has 0 bridgehead atoms. The first kappa shape index (κ1) is 7.41. The molecule has 0 atom stereocenters. The number of hydrogen-bond acceptors (Lipinski definition) is 2. The van der Waals surface area contributed by atoms with Crippen molar-refractivity contribution in [3.8, 4) is 0 Å². The fraction of sp³-hybridized carbons (Fsp3) is 0.143. The maximum atomic E-state index is 10.3. The number of aldehydes is 1. The Morgan fingerprint density at radius 1 is 1.60 bits per heavy atom. The van der Waals surface area contributed by atoms with Gasteiger partial charge in [-0.1, -0.05) is 6.07 Å². The summed E-state index contributed by atoms with van der Waals surface area (Å²) in [6.07, 6.45) is 0.750. The molecule has 0 amide bonds. The van der Waals surface area contributed by atoms with E-state index in [9.17, 15) is 4.79 Å². The maximum absolute atomic E-state index is 10.3.